The van der Waals surface area contributed by atoms with E-state index in [1.165, 1.54) is 0 Å². The van der Waals surface area contributed by atoms with Gasteiger partial charge in [-0.3, -0.25) is 4.79 Å². The van der Waals surface area contributed by atoms with E-state index in [4.69, 9.17) is 15.2 Å². The van der Waals surface area contributed by atoms with Crippen LogP contribution in [-0.4, -0.2) is 42.5 Å². The van der Waals surface area contributed by atoms with E-state index >= 15 is 0 Å². The monoisotopic (exact) mass is 341 g/mol. The fourth-order valence-electron chi connectivity index (χ4n) is 2.83. The molecule has 5 N–H and O–H groups in total. The number of aliphatic hydroxyl groups is 1. The highest BCUT2D eigenvalue weighted by Gasteiger charge is 2.47. The first-order chi connectivity index (χ1) is 12.1. The van der Waals surface area contributed by atoms with E-state index in [-0.39, 0.29) is 12.8 Å². The minimum atomic E-state index is -1.31. The number of amides is 1. The van der Waals surface area contributed by atoms with Gasteiger partial charge in [0.25, 0.3) is 0 Å². The standard InChI is InChI=1S/C18H19N3O4/c19-18(9-22,16-8-20-16)17(23)21-13-4-1-11(2-5-13)12-3-6-14-15(7-12)25-10-24-14/h1-7,16,20,22H,8-10,19H2,(H,21,23). The van der Waals surface area contributed by atoms with Crippen molar-refractivity contribution >= 4 is 11.6 Å². The van der Waals surface area contributed by atoms with Crippen LogP contribution in [0.2, 0.25) is 0 Å². The molecule has 25 heavy (non-hydrogen) atoms. The summed E-state index contributed by atoms with van der Waals surface area (Å²) in [6, 6.07) is 13.0. The highest BCUT2D eigenvalue weighted by molar-refractivity contribution is 5.99. The van der Waals surface area contributed by atoms with Gasteiger partial charge in [0, 0.05) is 18.3 Å². The molecule has 0 aromatic heterocycles. The smallest absolute Gasteiger partial charge is 0.248 e. The van der Waals surface area contributed by atoms with Crippen LogP contribution in [0.5, 0.6) is 11.5 Å². The molecule has 0 bridgehead atoms. The van der Waals surface area contributed by atoms with E-state index in [1.54, 1.807) is 12.1 Å². The second-order valence-electron chi connectivity index (χ2n) is 6.26. The average molecular weight is 341 g/mol. The number of carbonyl (C=O) groups is 1. The Morgan fingerprint density at radius 1 is 1.20 bits per heavy atom. The first-order valence-electron chi connectivity index (χ1n) is 8.05. The van der Waals surface area contributed by atoms with Gasteiger partial charge in [0.15, 0.2) is 11.5 Å². The summed E-state index contributed by atoms with van der Waals surface area (Å²) in [5.74, 6) is 1.06. The predicted octanol–water partition coefficient (Wildman–Crippen LogP) is 0.682. The third-order valence-electron chi connectivity index (χ3n) is 4.56. The first-order valence-corrected chi connectivity index (χ1v) is 8.05. The zero-order valence-electron chi connectivity index (χ0n) is 13.5. The first kappa shape index (κ1) is 15.9. The molecule has 0 spiro atoms. The molecule has 0 saturated carbocycles. The largest absolute Gasteiger partial charge is 0.454 e. The normalized spacial score (nSPS) is 20.0. The summed E-state index contributed by atoms with van der Waals surface area (Å²) in [5.41, 5.74) is 7.31. The third kappa shape index (κ3) is 2.93. The number of hydrogen-bond acceptors (Lipinski definition) is 6. The van der Waals surface area contributed by atoms with Crippen LogP contribution in [0.3, 0.4) is 0 Å². The van der Waals surface area contributed by atoms with Crippen molar-refractivity contribution < 1.29 is 19.4 Å². The van der Waals surface area contributed by atoms with Crippen LogP contribution in [0.1, 0.15) is 0 Å². The van der Waals surface area contributed by atoms with E-state index in [9.17, 15) is 9.90 Å². The highest BCUT2D eigenvalue weighted by atomic mass is 16.7. The minimum Gasteiger partial charge on any atom is -0.454 e. The number of ether oxygens (including phenoxy) is 2. The molecule has 2 aliphatic rings. The molecule has 1 fully saturated rings. The van der Waals surface area contributed by atoms with E-state index in [0.717, 1.165) is 22.6 Å². The maximum absolute atomic E-state index is 12.4. The molecule has 0 radical (unpaired) electrons. The third-order valence-corrected chi connectivity index (χ3v) is 4.56. The number of anilines is 1. The quantitative estimate of drug-likeness (QED) is 0.595. The molecule has 2 unspecified atom stereocenters. The Hall–Kier alpha value is -2.61. The molecule has 2 aliphatic heterocycles. The predicted molar refractivity (Wildman–Crippen MR) is 92.4 cm³/mol. The molecule has 1 amide bonds. The Balaban J connectivity index is 1.49. The van der Waals surface area contributed by atoms with Crippen molar-refractivity contribution in [1.82, 2.24) is 5.32 Å². The number of carbonyl (C=O) groups excluding carboxylic acids is 1. The lowest BCUT2D eigenvalue weighted by Crippen LogP contribution is -2.59. The number of benzene rings is 2. The molecular formula is C18H19N3O4. The summed E-state index contributed by atoms with van der Waals surface area (Å²) < 4.78 is 10.7. The number of hydrogen-bond donors (Lipinski definition) is 4. The highest BCUT2D eigenvalue weighted by Crippen LogP contribution is 2.36. The van der Waals surface area contributed by atoms with Crippen molar-refractivity contribution in [2.75, 3.05) is 25.3 Å². The van der Waals surface area contributed by atoms with Crippen LogP contribution in [0.15, 0.2) is 42.5 Å². The SMILES string of the molecule is NC(CO)(C(=O)Nc1ccc(-c2ccc3c(c2)OCO3)cc1)C1CN1. The zero-order chi connectivity index (χ0) is 17.4. The van der Waals surface area contributed by atoms with Gasteiger partial charge in [-0.05, 0) is 35.4 Å². The van der Waals surface area contributed by atoms with Crippen molar-refractivity contribution in [2.45, 2.75) is 11.6 Å². The fourth-order valence-corrected chi connectivity index (χ4v) is 2.83. The number of rotatable bonds is 5. The second-order valence-corrected chi connectivity index (χ2v) is 6.26. The van der Waals surface area contributed by atoms with Crippen LogP contribution in [0.25, 0.3) is 11.1 Å². The van der Waals surface area contributed by atoms with Crippen LogP contribution in [0, 0.1) is 0 Å². The average Bonchev–Trinajstić information content (AvgIpc) is 3.39. The second kappa shape index (κ2) is 6.03. The van der Waals surface area contributed by atoms with Crippen LogP contribution >= 0.6 is 0 Å². The topological polar surface area (TPSA) is 116 Å². The van der Waals surface area contributed by atoms with Gasteiger partial charge < -0.3 is 30.9 Å². The summed E-state index contributed by atoms with van der Waals surface area (Å²) in [6.45, 7) is 0.463. The summed E-state index contributed by atoms with van der Waals surface area (Å²) >= 11 is 0. The molecule has 4 rings (SSSR count). The van der Waals surface area contributed by atoms with Crippen molar-refractivity contribution in [1.29, 1.82) is 0 Å². The molecule has 2 aromatic rings. The van der Waals surface area contributed by atoms with Crippen molar-refractivity contribution in [3.63, 3.8) is 0 Å². The molecule has 2 aromatic carbocycles. The summed E-state index contributed by atoms with van der Waals surface area (Å²) in [7, 11) is 0. The maximum atomic E-state index is 12.4. The Kier molecular flexibility index (Phi) is 3.84. The van der Waals surface area contributed by atoms with Gasteiger partial charge in [-0.15, -0.1) is 0 Å². The molecule has 7 nitrogen and oxygen atoms in total. The van der Waals surface area contributed by atoms with Gasteiger partial charge >= 0.3 is 0 Å². The molecule has 2 atom stereocenters. The van der Waals surface area contributed by atoms with Gasteiger partial charge in [0.2, 0.25) is 12.7 Å². The van der Waals surface area contributed by atoms with E-state index < -0.39 is 18.1 Å². The van der Waals surface area contributed by atoms with E-state index in [2.05, 4.69) is 10.6 Å². The number of nitrogens with two attached hydrogens (primary N) is 1. The minimum absolute atomic E-state index is 0.189. The summed E-state index contributed by atoms with van der Waals surface area (Å²) in [4.78, 5) is 12.4. The zero-order valence-corrected chi connectivity index (χ0v) is 13.5. The van der Waals surface area contributed by atoms with E-state index in [1.807, 2.05) is 30.3 Å². The lowest BCUT2D eigenvalue weighted by atomic mass is 9.96. The van der Waals surface area contributed by atoms with Gasteiger partial charge in [-0.2, -0.15) is 0 Å². The van der Waals surface area contributed by atoms with Crippen molar-refractivity contribution in [3.8, 4) is 22.6 Å². The molecule has 7 heteroatoms. The molecular weight excluding hydrogens is 322 g/mol. The van der Waals surface area contributed by atoms with E-state index in [0.29, 0.717) is 12.2 Å². The summed E-state index contributed by atoms with van der Waals surface area (Å²) in [5, 5.41) is 15.2. The molecule has 130 valence electrons. The fraction of sp³-hybridized carbons (Fsp3) is 0.278. The van der Waals surface area contributed by atoms with Gasteiger partial charge in [0.1, 0.15) is 5.54 Å². The Bertz CT molecular complexity index is 804. The van der Waals surface area contributed by atoms with Crippen molar-refractivity contribution in [3.05, 3.63) is 42.5 Å². The van der Waals surface area contributed by atoms with Gasteiger partial charge in [-0.25, -0.2) is 0 Å². The molecule has 0 aliphatic carbocycles. The lowest BCUT2D eigenvalue weighted by molar-refractivity contribution is -0.122. The van der Waals surface area contributed by atoms with Crippen LogP contribution in [-0.2, 0) is 4.79 Å². The molecule has 2 heterocycles. The number of fused-ring (bicyclic) bond motifs is 1. The Labute approximate surface area is 144 Å². The Morgan fingerprint density at radius 2 is 1.88 bits per heavy atom. The maximum Gasteiger partial charge on any atom is 0.248 e. The number of aliphatic hydroxyl groups excluding tert-OH is 1. The Morgan fingerprint density at radius 3 is 2.56 bits per heavy atom. The van der Waals surface area contributed by atoms with Crippen LogP contribution in [0.4, 0.5) is 5.69 Å². The van der Waals surface area contributed by atoms with Gasteiger partial charge in [-0.1, -0.05) is 18.2 Å². The van der Waals surface area contributed by atoms with Crippen molar-refractivity contribution in [2.24, 2.45) is 5.73 Å². The number of nitrogens with one attached hydrogen (secondary N) is 2. The molecule has 1 saturated heterocycles. The van der Waals surface area contributed by atoms with Gasteiger partial charge in [0.05, 0.1) is 6.61 Å². The summed E-state index contributed by atoms with van der Waals surface area (Å²) in [6.07, 6.45) is 0. The lowest BCUT2D eigenvalue weighted by Gasteiger charge is -2.24. The van der Waals surface area contributed by atoms with Crippen LogP contribution < -0.4 is 25.8 Å².